The highest BCUT2D eigenvalue weighted by atomic mass is 32.2. The van der Waals surface area contributed by atoms with Crippen LogP contribution in [0.15, 0.2) is 77.2 Å². The minimum absolute atomic E-state index is 0.215. The predicted octanol–water partition coefficient (Wildman–Crippen LogP) is 6.16. The van der Waals surface area contributed by atoms with E-state index in [-0.39, 0.29) is 10.7 Å². The minimum Gasteiger partial charge on any atom is -0.292 e. The van der Waals surface area contributed by atoms with Gasteiger partial charge in [0, 0.05) is 12.0 Å². The smallest absolute Gasteiger partial charge is 0.195 e. The molecule has 0 spiro atoms. The summed E-state index contributed by atoms with van der Waals surface area (Å²) in [6.07, 6.45) is 10.3. The van der Waals surface area contributed by atoms with Gasteiger partial charge in [-0.15, -0.1) is 0 Å². The first-order chi connectivity index (χ1) is 14.0. The first-order valence-electron chi connectivity index (χ1n) is 10.6. The van der Waals surface area contributed by atoms with Crippen LogP contribution in [0.25, 0.3) is 0 Å². The number of benzene rings is 2. The van der Waals surface area contributed by atoms with Crippen LogP contribution in [0.5, 0.6) is 0 Å². The average molecular weight is 411 g/mol. The molecular formula is C25H30O3S. The van der Waals surface area contributed by atoms with Gasteiger partial charge in [-0.25, -0.2) is 8.42 Å². The fraction of sp³-hybridized carbons (Fsp3) is 0.400. The Morgan fingerprint density at radius 2 is 1.48 bits per heavy atom. The fourth-order valence-electron chi connectivity index (χ4n) is 3.90. The molecular weight excluding hydrogens is 380 g/mol. The van der Waals surface area contributed by atoms with Crippen LogP contribution in [-0.4, -0.2) is 18.9 Å². The number of Topliss-reactive ketones (excluding diaryl/α,β-unsaturated/α-hetero) is 1. The zero-order valence-electron chi connectivity index (χ0n) is 17.1. The van der Waals surface area contributed by atoms with Crippen molar-refractivity contribution in [1.82, 2.24) is 0 Å². The van der Waals surface area contributed by atoms with Crippen LogP contribution in [0.2, 0.25) is 0 Å². The summed E-state index contributed by atoms with van der Waals surface area (Å²) in [6.45, 7) is 2.20. The van der Waals surface area contributed by atoms with Crippen molar-refractivity contribution < 1.29 is 13.2 Å². The molecule has 154 valence electrons. The Bertz CT molecular complexity index is 946. The molecule has 0 radical (unpaired) electrons. The van der Waals surface area contributed by atoms with E-state index < -0.39 is 14.6 Å². The first-order valence-corrected chi connectivity index (χ1v) is 12.1. The van der Waals surface area contributed by atoms with E-state index in [2.05, 4.69) is 6.92 Å². The van der Waals surface area contributed by atoms with Gasteiger partial charge >= 0.3 is 0 Å². The van der Waals surface area contributed by atoms with Gasteiger partial charge in [-0.05, 0) is 30.5 Å². The zero-order chi connectivity index (χ0) is 20.7. The van der Waals surface area contributed by atoms with Crippen molar-refractivity contribution in [2.45, 2.75) is 67.9 Å². The van der Waals surface area contributed by atoms with Gasteiger partial charge in [-0.3, -0.25) is 4.79 Å². The predicted molar refractivity (Wildman–Crippen MR) is 118 cm³/mol. The maximum Gasteiger partial charge on any atom is 0.195 e. The third-order valence-electron chi connectivity index (χ3n) is 5.70. The van der Waals surface area contributed by atoms with Crippen LogP contribution >= 0.6 is 0 Å². The Kier molecular flexibility index (Phi) is 7.07. The number of hydrogen-bond donors (Lipinski definition) is 0. The molecule has 1 aliphatic carbocycles. The van der Waals surface area contributed by atoms with Crippen molar-refractivity contribution >= 4 is 15.6 Å². The molecule has 3 rings (SSSR count). The average Bonchev–Trinajstić information content (AvgIpc) is 3.50. The number of hydrogen-bond acceptors (Lipinski definition) is 3. The lowest BCUT2D eigenvalue weighted by atomic mass is 10.1. The molecule has 29 heavy (non-hydrogen) atoms. The molecule has 1 atom stereocenters. The van der Waals surface area contributed by atoms with Crippen LogP contribution in [0.3, 0.4) is 0 Å². The summed E-state index contributed by atoms with van der Waals surface area (Å²) < 4.78 is 25.5. The maximum absolute atomic E-state index is 13.5. The van der Waals surface area contributed by atoms with Crippen LogP contribution in [0.4, 0.5) is 0 Å². The monoisotopic (exact) mass is 410 g/mol. The lowest BCUT2D eigenvalue weighted by Crippen LogP contribution is -2.33. The second-order valence-corrected chi connectivity index (χ2v) is 9.98. The molecule has 1 fully saturated rings. The Hall–Kier alpha value is -2.20. The molecule has 1 saturated carbocycles. The van der Waals surface area contributed by atoms with E-state index in [9.17, 15) is 13.2 Å². The quantitative estimate of drug-likeness (QED) is 0.253. The van der Waals surface area contributed by atoms with E-state index in [1.807, 2.05) is 12.1 Å². The highest BCUT2D eigenvalue weighted by Crippen LogP contribution is 2.54. The standard InChI is InChI=1S/C25H30O3S/c1-2-3-4-5-6-7-12-17-22-20-25(22,24(26)21-15-10-8-11-16-21)29(27,28)23-18-13-9-14-19-23/h8-11,13-19H,2-7,12,20H2,1H3/b22-17-. The maximum atomic E-state index is 13.5. The summed E-state index contributed by atoms with van der Waals surface area (Å²) in [5, 5.41) is 0. The van der Waals surface area contributed by atoms with Gasteiger partial charge in [0.05, 0.1) is 4.90 Å². The number of ketones is 1. The molecule has 0 heterocycles. The molecule has 0 N–H and O–H groups in total. The Labute approximate surface area is 174 Å². The lowest BCUT2D eigenvalue weighted by molar-refractivity contribution is 0.0982. The summed E-state index contributed by atoms with van der Waals surface area (Å²) in [7, 11) is -3.80. The van der Waals surface area contributed by atoms with Crippen LogP contribution in [-0.2, 0) is 9.84 Å². The highest BCUT2D eigenvalue weighted by molar-refractivity contribution is 7.94. The van der Waals surface area contributed by atoms with Gasteiger partial charge in [0.1, 0.15) is 0 Å². The van der Waals surface area contributed by atoms with Crippen molar-refractivity contribution in [2.75, 3.05) is 0 Å². The van der Waals surface area contributed by atoms with Crippen molar-refractivity contribution in [3.8, 4) is 0 Å². The molecule has 0 bridgehead atoms. The molecule has 1 aliphatic rings. The Balaban J connectivity index is 1.82. The Morgan fingerprint density at radius 3 is 2.14 bits per heavy atom. The summed E-state index contributed by atoms with van der Waals surface area (Å²) in [4.78, 5) is 13.6. The van der Waals surface area contributed by atoms with Crippen LogP contribution in [0, 0.1) is 0 Å². The summed E-state index contributed by atoms with van der Waals surface area (Å²) in [5.41, 5.74) is 1.21. The minimum atomic E-state index is -3.80. The van der Waals surface area contributed by atoms with E-state index >= 15 is 0 Å². The molecule has 0 amide bonds. The summed E-state index contributed by atoms with van der Waals surface area (Å²) >= 11 is 0. The van der Waals surface area contributed by atoms with Crippen molar-refractivity contribution in [3.05, 3.63) is 77.9 Å². The van der Waals surface area contributed by atoms with Crippen molar-refractivity contribution in [1.29, 1.82) is 0 Å². The summed E-state index contributed by atoms with van der Waals surface area (Å²) in [5.74, 6) is -0.309. The van der Waals surface area contributed by atoms with Crippen LogP contribution in [0.1, 0.15) is 68.6 Å². The van der Waals surface area contributed by atoms with E-state index in [1.54, 1.807) is 54.6 Å². The van der Waals surface area contributed by atoms with Gasteiger partial charge in [-0.2, -0.15) is 0 Å². The van der Waals surface area contributed by atoms with Crippen molar-refractivity contribution in [2.24, 2.45) is 0 Å². The van der Waals surface area contributed by atoms with E-state index in [0.29, 0.717) is 12.0 Å². The second-order valence-electron chi connectivity index (χ2n) is 7.80. The molecule has 4 heteroatoms. The van der Waals surface area contributed by atoms with Gasteiger partial charge in [0.15, 0.2) is 20.4 Å². The van der Waals surface area contributed by atoms with Crippen molar-refractivity contribution in [3.63, 3.8) is 0 Å². The number of rotatable bonds is 11. The molecule has 2 aromatic rings. The van der Waals surface area contributed by atoms with Crippen LogP contribution < -0.4 is 0 Å². The Morgan fingerprint density at radius 1 is 0.897 bits per heavy atom. The zero-order valence-corrected chi connectivity index (χ0v) is 18.0. The van der Waals surface area contributed by atoms with E-state index in [0.717, 1.165) is 24.8 Å². The number of allylic oxidation sites excluding steroid dienone is 1. The van der Waals surface area contributed by atoms with Gasteiger partial charge < -0.3 is 0 Å². The van der Waals surface area contributed by atoms with Gasteiger partial charge in [0.2, 0.25) is 0 Å². The number of carbonyl (C=O) groups is 1. The van der Waals surface area contributed by atoms with E-state index in [4.69, 9.17) is 0 Å². The largest absolute Gasteiger partial charge is 0.292 e. The summed E-state index contributed by atoms with van der Waals surface area (Å²) in [6, 6.07) is 17.1. The molecule has 1 unspecified atom stereocenters. The number of sulfone groups is 1. The normalized spacial score (nSPS) is 20.0. The molecule has 0 aliphatic heterocycles. The highest BCUT2D eigenvalue weighted by Gasteiger charge is 2.65. The van der Waals surface area contributed by atoms with Gasteiger partial charge in [-0.1, -0.05) is 93.6 Å². The topological polar surface area (TPSA) is 51.2 Å². The first kappa shape index (κ1) is 21.5. The number of unbranched alkanes of at least 4 members (excludes halogenated alkanes) is 6. The molecule has 0 saturated heterocycles. The molecule has 2 aromatic carbocycles. The fourth-order valence-corrected chi connectivity index (χ4v) is 5.96. The van der Waals surface area contributed by atoms with E-state index in [1.165, 1.54) is 25.7 Å². The SMILES string of the molecule is CCCCCCCC/C=C1/CC1(C(=O)c1ccccc1)S(=O)(=O)c1ccccc1. The number of carbonyl (C=O) groups excluding carboxylic acids is 1. The molecule has 3 nitrogen and oxygen atoms in total. The lowest BCUT2D eigenvalue weighted by Gasteiger charge is -2.15. The second kappa shape index (κ2) is 9.53. The third-order valence-corrected chi connectivity index (χ3v) is 8.10. The molecule has 0 aromatic heterocycles. The third kappa shape index (κ3) is 4.53. The van der Waals surface area contributed by atoms with Gasteiger partial charge in [0.25, 0.3) is 0 Å².